The number of nitrogens with zero attached hydrogens (tertiary/aromatic N) is 1. The van der Waals surface area contributed by atoms with Crippen molar-refractivity contribution in [1.82, 2.24) is 15.3 Å². The molecular formula is C28H25F2N3O. The number of hydrogen-bond acceptors (Lipinski definition) is 3. The van der Waals surface area contributed by atoms with Gasteiger partial charge in [0.1, 0.15) is 5.65 Å². The Morgan fingerprint density at radius 3 is 2.76 bits per heavy atom. The van der Waals surface area contributed by atoms with Crippen molar-refractivity contribution in [3.63, 3.8) is 0 Å². The third kappa shape index (κ3) is 4.68. The molecule has 2 aromatic heterocycles. The topological polar surface area (TPSA) is 57.8 Å². The Kier molecular flexibility index (Phi) is 6.32. The van der Waals surface area contributed by atoms with E-state index in [1.54, 1.807) is 6.20 Å². The van der Waals surface area contributed by atoms with E-state index in [2.05, 4.69) is 33.5 Å². The monoisotopic (exact) mass is 457 g/mol. The number of nitrogens with one attached hydrogen (secondary N) is 2. The number of allylic oxidation sites excluding steroid dienone is 1. The van der Waals surface area contributed by atoms with E-state index in [0.717, 1.165) is 37.4 Å². The van der Waals surface area contributed by atoms with Crippen molar-refractivity contribution in [2.45, 2.75) is 38.3 Å². The highest BCUT2D eigenvalue weighted by molar-refractivity contribution is 6.08. The normalized spacial score (nSPS) is 15.9. The molecule has 2 aromatic carbocycles. The first kappa shape index (κ1) is 22.2. The number of benzene rings is 2. The van der Waals surface area contributed by atoms with Crippen molar-refractivity contribution in [1.29, 1.82) is 0 Å². The van der Waals surface area contributed by atoms with Crippen molar-refractivity contribution in [2.24, 2.45) is 0 Å². The van der Waals surface area contributed by atoms with E-state index in [-0.39, 0.29) is 17.8 Å². The van der Waals surface area contributed by atoms with Crippen LogP contribution in [0, 0.1) is 11.6 Å². The number of halogens is 2. The average molecular weight is 458 g/mol. The van der Waals surface area contributed by atoms with Gasteiger partial charge in [-0.25, -0.2) is 13.8 Å². The van der Waals surface area contributed by atoms with Crippen LogP contribution in [0.25, 0.3) is 16.6 Å². The maximum Gasteiger partial charge on any atom is 0.169 e. The van der Waals surface area contributed by atoms with Crippen LogP contribution in [0.4, 0.5) is 8.78 Å². The summed E-state index contributed by atoms with van der Waals surface area (Å²) in [6.45, 7) is 0.850. The Morgan fingerprint density at radius 2 is 1.97 bits per heavy atom. The summed E-state index contributed by atoms with van der Waals surface area (Å²) < 4.78 is 27.6. The van der Waals surface area contributed by atoms with Crippen LogP contribution < -0.4 is 5.32 Å². The molecule has 172 valence electrons. The number of Topliss-reactive ketones (excluding diaryl/α,β-unsaturated/α-hetero) is 1. The predicted molar refractivity (Wildman–Crippen MR) is 129 cm³/mol. The summed E-state index contributed by atoms with van der Waals surface area (Å²) in [5.74, 6) is -2.20. The van der Waals surface area contributed by atoms with Gasteiger partial charge in [0, 0.05) is 42.4 Å². The standard InChI is InChI=1S/C28H25F2N3O/c29-25-8-4-7-20(27(25)30)14-26(34)24-17-33-28-23(24)13-21(16-32-28)19-9-11-22(12-10-19)31-15-18-5-2-1-3-6-18/h1-9,13,16-17,22,31H,10-12,14-15H2,(H,32,33). The van der Waals surface area contributed by atoms with Gasteiger partial charge in [0.25, 0.3) is 0 Å². The first-order valence-electron chi connectivity index (χ1n) is 11.5. The summed E-state index contributed by atoms with van der Waals surface area (Å²) in [6, 6.07) is 16.6. The molecule has 0 radical (unpaired) electrons. The molecule has 0 spiro atoms. The SMILES string of the molecule is O=C(Cc1cccc(F)c1F)c1c[nH]c2ncc(C3=CCC(NCc4ccccc4)CC3)cc12. The van der Waals surface area contributed by atoms with Crippen LogP contribution in [0.2, 0.25) is 0 Å². The zero-order chi connectivity index (χ0) is 23.5. The van der Waals surface area contributed by atoms with E-state index in [4.69, 9.17) is 0 Å². The van der Waals surface area contributed by atoms with Crippen LogP contribution in [0.3, 0.4) is 0 Å². The smallest absolute Gasteiger partial charge is 0.169 e. The van der Waals surface area contributed by atoms with Crippen molar-refractivity contribution in [3.05, 3.63) is 107 Å². The number of pyridine rings is 1. The third-order valence-electron chi connectivity index (χ3n) is 6.43. The molecule has 34 heavy (non-hydrogen) atoms. The Bertz CT molecular complexity index is 1360. The quantitative estimate of drug-likeness (QED) is 0.335. The van der Waals surface area contributed by atoms with Gasteiger partial charge in [-0.05, 0) is 53.7 Å². The van der Waals surface area contributed by atoms with Gasteiger partial charge in [-0.2, -0.15) is 0 Å². The molecular weight excluding hydrogens is 432 g/mol. The summed E-state index contributed by atoms with van der Waals surface area (Å²) in [5, 5.41) is 4.32. The Morgan fingerprint density at radius 1 is 1.12 bits per heavy atom. The third-order valence-corrected chi connectivity index (χ3v) is 6.43. The number of aromatic amines is 1. The van der Waals surface area contributed by atoms with Gasteiger partial charge in [0.15, 0.2) is 17.4 Å². The lowest BCUT2D eigenvalue weighted by atomic mass is 9.90. The number of fused-ring (bicyclic) bond motifs is 1. The number of carbonyl (C=O) groups is 1. The zero-order valence-corrected chi connectivity index (χ0v) is 18.7. The van der Waals surface area contributed by atoms with Gasteiger partial charge < -0.3 is 10.3 Å². The number of hydrogen-bond donors (Lipinski definition) is 2. The second-order valence-corrected chi connectivity index (χ2v) is 8.70. The molecule has 1 aliphatic rings. The van der Waals surface area contributed by atoms with Gasteiger partial charge in [-0.15, -0.1) is 0 Å². The fourth-order valence-corrected chi connectivity index (χ4v) is 4.50. The van der Waals surface area contributed by atoms with Gasteiger partial charge in [-0.3, -0.25) is 4.79 Å². The average Bonchev–Trinajstić information content (AvgIpc) is 3.30. The van der Waals surface area contributed by atoms with Gasteiger partial charge in [0.05, 0.1) is 0 Å². The van der Waals surface area contributed by atoms with Crippen LogP contribution in [0.5, 0.6) is 0 Å². The van der Waals surface area contributed by atoms with Gasteiger partial charge in [-0.1, -0.05) is 48.5 Å². The fraction of sp³-hybridized carbons (Fsp3) is 0.214. The van der Waals surface area contributed by atoms with E-state index in [0.29, 0.717) is 22.6 Å². The van der Waals surface area contributed by atoms with Crippen molar-refractivity contribution < 1.29 is 13.6 Å². The molecule has 1 atom stereocenters. The molecule has 0 fully saturated rings. The lowest BCUT2D eigenvalue weighted by Gasteiger charge is -2.23. The molecule has 4 nitrogen and oxygen atoms in total. The number of rotatable bonds is 7. The lowest BCUT2D eigenvalue weighted by Crippen LogP contribution is -2.29. The summed E-state index contributed by atoms with van der Waals surface area (Å²) in [5.41, 5.74) is 4.56. The summed E-state index contributed by atoms with van der Waals surface area (Å²) in [6.07, 6.45) is 8.32. The highest BCUT2D eigenvalue weighted by Gasteiger charge is 2.19. The highest BCUT2D eigenvalue weighted by Crippen LogP contribution is 2.30. The molecule has 0 saturated heterocycles. The van der Waals surface area contributed by atoms with E-state index in [1.165, 1.54) is 23.3 Å². The molecule has 1 aliphatic carbocycles. The van der Waals surface area contributed by atoms with Crippen molar-refractivity contribution in [2.75, 3.05) is 0 Å². The van der Waals surface area contributed by atoms with E-state index >= 15 is 0 Å². The Hall–Kier alpha value is -3.64. The van der Waals surface area contributed by atoms with Crippen molar-refractivity contribution >= 4 is 22.4 Å². The van der Waals surface area contributed by atoms with Crippen molar-refractivity contribution in [3.8, 4) is 0 Å². The van der Waals surface area contributed by atoms with E-state index < -0.39 is 11.6 Å². The second kappa shape index (κ2) is 9.69. The Labute approximate surface area is 196 Å². The molecule has 6 heteroatoms. The molecule has 0 saturated carbocycles. The van der Waals surface area contributed by atoms with E-state index in [9.17, 15) is 13.6 Å². The number of ketones is 1. The first-order chi connectivity index (χ1) is 16.6. The van der Waals surface area contributed by atoms with Crippen LogP contribution in [0.1, 0.15) is 46.3 Å². The molecule has 5 rings (SSSR count). The molecule has 4 aromatic rings. The highest BCUT2D eigenvalue weighted by atomic mass is 19.2. The number of aromatic nitrogens is 2. The molecule has 0 amide bonds. The maximum atomic E-state index is 14.0. The van der Waals surface area contributed by atoms with Gasteiger partial charge >= 0.3 is 0 Å². The molecule has 2 heterocycles. The fourth-order valence-electron chi connectivity index (χ4n) is 4.50. The number of H-pyrrole nitrogens is 1. The molecule has 0 bridgehead atoms. The van der Waals surface area contributed by atoms with Gasteiger partial charge in [0.2, 0.25) is 0 Å². The second-order valence-electron chi connectivity index (χ2n) is 8.70. The van der Waals surface area contributed by atoms with Crippen LogP contribution in [-0.2, 0) is 13.0 Å². The summed E-state index contributed by atoms with van der Waals surface area (Å²) in [4.78, 5) is 20.4. The summed E-state index contributed by atoms with van der Waals surface area (Å²) in [7, 11) is 0. The van der Waals surface area contributed by atoms with Crippen LogP contribution >= 0.6 is 0 Å². The largest absolute Gasteiger partial charge is 0.345 e. The lowest BCUT2D eigenvalue weighted by molar-refractivity contribution is 0.0993. The molecule has 1 unspecified atom stereocenters. The molecule has 2 N–H and O–H groups in total. The first-order valence-corrected chi connectivity index (χ1v) is 11.5. The van der Waals surface area contributed by atoms with Crippen LogP contribution in [-0.4, -0.2) is 21.8 Å². The Balaban J connectivity index is 1.30. The minimum Gasteiger partial charge on any atom is -0.345 e. The molecule has 0 aliphatic heterocycles. The zero-order valence-electron chi connectivity index (χ0n) is 18.7. The minimum atomic E-state index is -0.975. The maximum absolute atomic E-state index is 14.0. The van der Waals surface area contributed by atoms with E-state index in [1.807, 2.05) is 30.5 Å². The minimum absolute atomic E-state index is 0.0486. The number of carbonyl (C=O) groups excluding carboxylic acids is 1. The van der Waals surface area contributed by atoms with Crippen LogP contribution in [0.15, 0.2) is 73.1 Å². The summed E-state index contributed by atoms with van der Waals surface area (Å²) >= 11 is 0. The predicted octanol–water partition coefficient (Wildman–Crippen LogP) is 5.99.